The lowest BCUT2D eigenvalue weighted by atomic mass is 9.99. The summed E-state index contributed by atoms with van der Waals surface area (Å²) in [6, 6.07) is 6.70. The normalized spacial score (nSPS) is 14.3. The van der Waals surface area contributed by atoms with Crippen LogP contribution in [0.15, 0.2) is 18.2 Å². The molecule has 19 heavy (non-hydrogen) atoms. The molecule has 0 saturated heterocycles. The first-order valence-electron chi connectivity index (χ1n) is 6.99. The summed E-state index contributed by atoms with van der Waals surface area (Å²) >= 11 is 0. The average molecular weight is 261 g/mol. The van der Waals surface area contributed by atoms with E-state index in [4.69, 9.17) is 5.73 Å². The van der Waals surface area contributed by atoms with Gasteiger partial charge in [0.2, 0.25) is 5.91 Å². The molecule has 0 radical (unpaired) electrons. The van der Waals surface area contributed by atoms with Gasteiger partial charge in [-0.1, -0.05) is 12.1 Å². The Bertz CT molecular complexity index is 445. The number of primary amides is 1. The highest BCUT2D eigenvalue weighted by atomic mass is 16.1. The van der Waals surface area contributed by atoms with E-state index in [1.54, 1.807) is 0 Å². The van der Waals surface area contributed by atoms with Gasteiger partial charge in [0.1, 0.15) is 0 Å². The third-order valence-corrected chi connectivity index (χ3v) is 3.60. The fourth-order valence-electron chi connectivity index (χ4n) is 2.57. The molecule has 0 atom stereocenters. The molecular weight excluding hydrogens is 238 g/mol. The number of hydrogen-bond donors (Lipinski definition) is 2. The van der Waals surface area contributed by atoms with E-state index in [2.05, 4.69) is 35.5 Å². The van der Waals surface area contributed by atoms with Gasteiger partial charge in [-0.3, -0.25) is 4.79 Å². The van der Waals surface area contributed by atoms with Crippen LogP contribution in [0.25, 0.3) is 0 Å². The third-order valence-electron chi connectivity index (χ3n) is 3.60. The zero-order valence-electron chi connectivity index (χ0n) is 11.6. The van der Waals surface area contributed by atoms with E-state index in [0.29, 0.717) is 6.42 Å². The van der Waals surface area contributed by atoms with Gasteiger partial charge >= 0.3 is 0 Å². The monoisotopic (exact) mass is 261 g/mol. The quantitative estimate of drug-likeness (QED) is 0.762. The summed E-state index contributed by atoms with van der Waals surface area (Å²) in [5.41, 5.74) is 9.23. The first kappa shape index (κ1) is 13.9. The van der Waals surface area contributed by atoms with Gasteiger partial charge in [-0.05, 0) is 43.0 Å². The van der Waals surface area contributed by atoms with Crippen LogP contribution in [-0.2, 0) is 17.8 Å². The number of nitrogens with one attached hydrogen (secondary N) is 1. The van der Waals surface area contributed by atoms with Crippen molar-refractivity contribution in [2.45, 2.75) is 32.2 Å². The second kappa shape index (κ2) is 6.57. The fourth-order valence-corrected chi connectivity index (χ4v) is 2.57. The van der Waals surface area contributed by atoms with Gasteiger partial charge in [-0.25, -0.2) is 0 Å². The van der Waals surface area contributed by atoms with Gasteiger partial charge in [0.05, 0.1) is 0 Å². The summed E-state index contributed by atoms with van der Waals surface area (Å²) in [5, 5.41) is 3.35. The summed E-state index contributed by atoms with van der Waals surface area (Å²) in [6.45, 7) is 2.84. The molecule has 1 aliphatic rings. The van der Waals surface area contributed by atoms with Crippen molar-refractivity contribution in [2.24, 2.45) is 5.73 Å². The number of benzene rings is 1. The minimum atomic E-state index is -0.224. The van der Waals surface area contributed by atoms with E-state index in [1.165, 1.54) is 29.7 Å². The molecule has 0 spiro atoms. The molecule has 104 valence electrons. The number of nitrogens with zero attached hydrogens (tertiary/aromatic N) is 1. The summed E-state index contributed by atoms with van der Waals surface area (Å²) in [7, 11) is 2.15. The first-order chi connectivity index (χ1) is 9.16. The molecule has 3 N–H and O–H groups in total. The molecule has 0 aromatic heterocycles. The number of nitrogens with two attached hydrogens (primary N) is 1. The predicted octanol–water partition coefficient (Wildman–Crippen LogP) is 1.42. The van der Waals surface area contributed by atoms with Gasteiger partial charge in [-0.2, -0.15) is 0 Å². The molecule has 0 bridgehead atoms. The number of hydrogen-bond acceptors (Lipinski definition) is 3. The Kier molecular flexibility index (Phi) is 4.80. The molecule has 1 heterocycles. The Morgan fingerprint density at radius 3 is 3.11 bits per heavy atom. The molecule has 1 aromatic rings. The SMILES string of the molecule is CN1CCCc2cc(CNCCCC(N)=O)ccc21. The van der Waals surface area contributed by atoms with Crippen molar-refractivity contribution < 1.29 is 4.79 Å². The van der Waals surface area contributed by atoms with Crippen LogP contribution in [0.1, 0.15) is 30.4 Å². The maximum absolute atomic E-state index is 10.6. The molecule has 0 saturated carbocycles. The van der Waals surface area contributed by atoms with Crippen molar-refractivity contribution in [3.63, 3.8) is 0 Å². The molecule has 1 aromatic carbocycles. The minimum absolute atomic E-state index is 0.224. The van der Waals surface area contributed by atoms with Crippen LogP contribution in [0, 0.1) is 0 Å². The van der Waals surface area contributed by atoms with E-state index in [0.717, 1.165) is 26.1 Å². The van der Waals surface area contributed by atoms with Gasteiger partial charge in [-0.15, -0.1) is 0 Å². The van der Waals surface area contributed by atoms with Gasteiger partial charge in [0.15, 0.2) is 0 Å². The lowest BCUT2D eigenvalue weighted by Crippen LogP contribution is -2.25. The van der Waals surface area contributed by atoms with E-state index >= 15 is 0 Å². The smallest absolute Gasteiger partial charge is 0.217 e. The number of carbonyl (C=O) groups excluding carboxylic acids is 1. The Balaban J connectivity index is 1.83. The molecule has 1 amide bonds. The number of rotatable bonds is 6. The summed E-state index contributed by atoms with van der Waals surface area (Å²) < 4.78 is 0. The number of anilines is 1. The highest BCUT2D eigenvalue weighted by molar-refractivity contribution is 5.73. The summed E-state index contributed by atoms with van der Waals surface area (Å²) in [4.78, 5) is 12.9. The van der Waals surface area contributed by atoms with Gasteiger partial charge < -0.3 is 16.0 Å². The lowest BCUT2D eigenvalue weighted by molar-refractivity contribution is -0.118. The Morgan fingerprint density at radius 1 is 1.47 bits per heavy atom. The van der Waals surface area contributed by atoms with Crippen molar-refractivity contribution in [3.8, 4) is 0 Å². The zero-order valence-corrected chi connectivity index (χ0v) is 11.6. The Labute approximate surface area is 115 Å². The second-order valence-electron chi connectivity index (χ2n) is 5.23. The van der Waals surface area contributed by atoms with Crippen LogP contribution in [-0.4, -0.2) is 26.0 Å². The first-order valence-corrected chi connectivity index (χ1v) is 6.99. The number of fused-ring (bicyclic) bond motifs is 1. The molecule has 2 rings (SSSR count). The molecule has 0 aliphatic carbocycles. The van der Waals surface area contributed by atoms with Crippen LogP contribution >= 0.6 is 0 Å². The zero-order chi connectivity index (χ0) is 13.7. The molecular formula is C15H23N3O. The molecule has 0 fully saturated rings. The van der Waals surface area contributed by atoms with Crippen molar-refractivity contribution in [2.75, 3.05) is 25.0 Å². The van der Waals surface area contributed by atoms with Crippen LogP contribution < -0.4 is 16.0 Å². The third kappa shape index (κ3) is 3.96. The maximum Gasteiger partial charge on any atom is 0.217 e. The van der Waals surface area contributed by atoms with Crippen LogP contribution in [0.5, 0.6) is 0 Å². The highest BCUT2D eigenvalue weighted by Gasteiger charge is 2.13. The fraction of sp³-hybridized carbons (Fsp3) is 0.533. The van der Waals surface area contributed by atoms with E-state index in [-0.39, 0.29) is 5.91 Å². The maximum atomic E-state index is 10.6. The Hall–Kier alpha value is -1.55. The average Bonchev–Trinajstić information content (AvgIpc) is 2.38. The van der Waals surface area contributed by atoms with Crippen molar-refractivity contribution in [1.29, 1.82) is 0 Å². The van der Waals surface area contributed by atoms with E-state index in [1.807, 2.05) is 0 Å². The van der Waals surface area contributed by atoms with E-state index < -0.39 is 0 Å². The highest BCUT2D eigenvalue weighted by Crippen LogP contribution is 2.26. The number of amides is 1. The van der Waals surface area contributed by atoms with Crippen molar-refractivity contribution in [3.05, 3.63) is 29.3 Å². The van der Waals surface area contributed by atoms with Crippen molar-refractivity contribution in [1.82, 2.24) is 5.32 Å². The lowest BCUT2D eigenvalue weighted by Gasteiger charge is -2.27. The minimum Gasteiger partial charge on any atom is -0.374 e. The van der Waals surface area contributed by atoms with Crippen LogP contribution in [0.3, 0.4) is 0 Å². The summed E-state index contributed by atoms with van der Waals surface area (Å²) in [6.07, 6.45) is 3.68. The van der Waals surface area contributed by atoms with E-state index in [9.17, 15) is 4.79 Å². The predicted molar refractivity (Wildman–Crippen MR) is 78.2 cm³/mol. The van der Waals surface area contributed by atoms with Crippen LogP contribution in [0.2, 0.25) is 0 Å². The number of carbonyl (C=O) groups is 1. The summed E-state index contributed by atoms with van der Waals surface area (Å²) in [5.74, 6) is -0.224. The largest absolute Gasteiger partial charge is 0.374 e. The molecule has 4 nitrogen and oxygen atoms in total. The molecule has 4 heteroatoms. The number of aryl methyl sites for hydroxylation is 1. The Morgan fingerprint density at radius 2 is 2.32 bits per heavy atom. The van der Waals surface area contributed by atoms with Gasteiger partial charge in [0, 0.05) is 32.2 Å². The standard InChI is InChI=1S/C15H23N3O/c1-18-9-3-4-13-10-12(6-7-14(13)18)11-17-8-2-5-15(16)19/h6-7,10,17H,2-5,8-9,11H2,1H3,(H2,16,19). The molecule has 1 aliphatic heterocycles. The van der Waals surface area contributed by atoms with Crippen LogP contribution in [0.4, 0.5) is 5.69 Å². The molecule has 0 unspecified atom stereocenters. The van der Waals surface area contributed by atoms with Crippen molar-refractivity contribution >= 4 is 11.6 Å². The van der Waals surface area contributed by atoms with Gasteiger partial charge in [0.25, 0.3) is 0 Å². The topological polar surface area (TPSA) is 58.4 Å². The second-order valence-corrected chi connectivity index (χ2v) is 5.23.